The van der Waals surface area contributed by atoms with Crippen LogP contribution >= 0.6 is 0 Å². The molecule has 0 spiro atoms. The van der Waals surface area contributed by atoms with Crippen molar-refractivity contribution >= 4 is 6.21 Å². The van der Waals surface area contributed by atoms with Crippen LogP contribution in [0.5, 0.6) is 0 Å². The second kappa shape index (κ2) is 26.4. The zero-order valence-electron chi connectivity index (χ0n) is 30.0. The predicted octanol–water partition coefficient (Wildman–Crippen LogP) is 12.4. The Bertz CT molecular complexity index is 1070. The molecule has 3 heteroatoms. The van der Waals surface area contributed by atoms with Crippen LogP contribution in [0.1, 0.15) is 134 Å². The van der Waals surface area contributed by atoms with Gasteiger partial charge < -0.3 is 4.74 Å². The lowest BCUT2D eigenvalue weighted by Crippen LogP contribution is -2.10. The van der Waals surface area contributed by atoms with Crippen molar-refractivity contribution in [2.45, 2.75) is 133 Å². The summed E-state index contributed by atoms with van der Waals surface area (Å²) in [7, 11) is 0. The van der Waals surface area contributed by atoms with E-state index in [0.29, 0.717) is 5.92 Å². The van der Waals surface area contributed by atoms with Crippen molar-refractivity contribution in [2.75, 3.05) is 13.2 Å². The molecule has 1 unspecified atom stereocenters. The number of aryl methyl sites for hydroxylation is 3. The first-order chi connectivity index (χ1) is 21.2. The number of rotatable bonds is 4. The van der Waals surface area contributed by atoms with Crippen LogP contribution in [0.15, 0.2) is 76.4 Å². The average Bonchev–Trinajstić information content (AvgIpc) is 3.34. The van der Waals surface area contributed by atoms with Crippen LogP contribution in [-0.4, -0.2) is 19.4 Å². The molecular formula is C41H64N2O. The minimum absolute atomic E-state index is 0.105. The van der Waals surface area contributed by atoms with E-state index in [0.717, 1.165) is 18.9 Å². The van der Waals surface area contributed by atoms with Gasteiger partial charge in [-0.25, -0.2) is 0 Å². The largest absolute Gasteiger partial charge is 0.381 e. The zero-order chi connectivity index (χ0) is 33.2. The van der Waals surface area contributed by atoms with Gasteiger partial charge in [0.15, 0.2) is 0 Å². The number of hydrogen-bond acceptors (Lipinski definition) is 3. The van der Waals surface area contributed by atoms with Crippen molar-refractivity contribution in [1.82, 2.24) is 0 Å². The molecule has 0 amide bonds. The molecule has 3 nitrogen and oxygen atoms in total. The van der Waals surface area contributed by atoms with Crippen molar-refractivity contribution < 1.29 is 4.74 Å². The molecule has 1 atom stereocenters. The third kappa shape index (κ3) is 20.1. The summed E-state index contributed by atoms with van der Waals surface area (Å²) in [6.07, 6.45) is 15.6. The van der Waals surface area contributed by atoms with E-state index in [9.17, 15) is 5.26 Å². The van der Waals surface area contributed by atoms with Crippen LogP contribution < -0.4 is 0 Å². The lowest BCUT2D eigenvalue weighted by atomic mass is 9.82. The monoisotopic (exact) mass is 601 g/mol. The van der Waals surface area contributed by atoms with Crippen molar-refractivity contribution in [3.8, 4) is 6.07 Å². The predicted molar refractivity (Wildman–Crippen MR) is 195 cm³/mol. The Hall–Kier alpha value is -2.96. The van der Waals surface area contributed by atoms with E-state index in [1.54, 1.807) is 0 Å². The van der Waals surface area contributed by atoms with Gasteiger partial charge in [-0.3, -0.25) is 4.99 Å². The maximum Gasteiger partial charge on any atom is 0.0740 e. The average molecular weight is 601 g/mol. The first-order valence-corrected chi connectivity index (χ1v) is 17.1. The molecule has 2 aromatic carbocycles. The first-order valence-electron chi connectivity index (χ1n) is 17.1. The van der Waals surface area contributed by atoms with Gasteiger partial charge in [-0.2, -0.15) is 5.26 Å². The van der Waals surface area contributed by atoms with E-state index >= 15 is 0 Å². The fourth-order valence-corrected chi connectivity index (χ4v) is 4.60. The molecule has 0 N–H and O–H groups in total. The summed E-state index contributed by atoms with van der Waals surface area (Å²) in [5.41, 5.74) is 8.76. The number of ether oxygens (including phenoxy) is 1. The summed E-state index contributed by atoms with van der Waals surface area (Å²) in [5, 5.41) is 9.44. The topological polar surface area (TPSA) is 45.4 Å². The zero-order valence-corrected chi connectivity index (χ0v) is 30.0. The molecule has 0 bridgehead atoms. The van der Waals surface area contributed by atoms with Crippen LogP contribution in [0.4, 0.5) is 0 Å². The Morgan fingerprint density at radius 1 is 0.750 bits per heavy atom. The maximum absolute atomic E-state index is 9.44. The molecule has 4 rings (SSSR count). The Kier molecular flexibility index (Phi) is 24.7. The fraction of sp³-hybridized carbons (Fsp3) is 0.561. The third-order valence-corrected chi connectivity index (χ3v) is 7.91. The molecule has 44 heavy (non-hydrogen) atoms. The molecular weight excluding hydrogens is 536 g/mol. The van der Waals surface area contributed by atoms with Gasteiger partial charge in [0.1, 0.15) is 0 Å². The Balaban J connectivity index is 0.000000591. The van der Waals surface area contributed by atoms with Gasteiger partial charge in [0.25, 0.3) is 0 Å². The first kappa shape index (κ1) is 41.0. The highest BCUT2D eigenvalue weighted by Gasteiger charge is 2.23. The SMILES string of the molecule is C/C=C(\C)N=CC(C)=C(C)C.C1CCOCC1.CC.Cc1ccc(C(C#N)C2CCCCCC2)cc1.Cc1ccc(C)cc1. The van der Waals surface area contributed by atoms with Crippen molar-refractivity contribution in [3.05, 3.63) is 93.7 Å². The van der Waals surface area contributed by atoms with Gasteiger partial charge in [-0.05, 0) is 105 Å². The summed E-state index contributed by atoms with van der Waals surface area (Å²) in [6, 6.07) is 19.5. The number of hydrogen-bond donors (Lipinski definition) is 0. The van der Waals surface area contributed by atoms with Gasteiger partial charge >= 0.3 is 0 Å². The van der Waals surface area contributed by atoms with E-state index in [1.165, 1.54) is 91.2 Å². The summed E-state index contributed by atoms with van der Waals surface area (Å²) < 4.78 is 5.07. The Morgan fingerprint density at radius 3 is 1.52 bits per heavy atom. The quantitative estimate of drug-likeness (QED) is 0.259. The van der Waals surface area contributed by atoms with Crippen molar-refractivity contribution in [1.29, 1.82) is 5.26 Å². The smallest absolute Gasteiger partial charge is 0.0740 e. The van der Waals surface area contributed by atoms with Gasteiger partial charge in [-0.15, -0.1) is 0 Å². The van der Waals surface area contributed by atoms with Crippen LogP contribution in [0.25, 0.3) is 0 Å². The number of nitrogens with zero attached hydrogens (tertiary/aromatic N) is 2. The third-order valence-electron chi connectivity index (χ3n) is 7.91. The van der Waals surface area contributed by atoms with E-state index in [2.05, 4.69) is 101 Å². The van der Waals surface area contributed by atoms with Crippen molar-refractivity contribution in [2.24, 2.45) is 10.9 Å². The van der Waals surface area contributed by atoms with Crippen LogP contribution in [0.2, 0.25) is 0 Å². The molecule has 0 aromatic heterocycles. The molecule has 1 aliphatic heterocycles. The molecule has 1 saturated carbocycles. The summed E-state index contributed by atoms with van der Waals surface area (Å²) in [6.45, 7) is 22.5. The second-order valence-corrected chi connectivity index (χ2v) is 12.0. The highest BCUT2D eigenvalue weighted by atomic mass is 16.5. The van der Waals surface area contributed by atoms with Gasteiger partial charge in [0.2, 0.25) is 0 Å². The molecule has 244 valence electrons. The fourth-order valence-electron chi connectivity index (χ4n) is 4.60. The summed E-state index contributed by atoms with van der Waals surface area (Å²) in [5.74, 6) is 0.680. The molecule has 1 aliphatic carbocycles. The van der Waals surface area contributed by atoms with Gasteiger partial charge in [0, 0.05) is 25.1 Å². The second-order valence-electron chi connectivity index (χ2n) is 12.0. The Morgan fingerprint density at radius 2 is 1.18 bits per heavy atom. The van der Waals surface area contributed by atoms with E-state index in [1.807, 2.05) is 40.0 Å². The molecule has 2 aliphatic rings. The molecule has 1 saturated heterocycles. The highest BCUT2D eigenvalue weighted by molar-refractivity contribution is 5.79. The van der Waals surface area contributed by atoms with Gasteiger partial charge in [-0.1, -0.05) is 116 Å². The summed E-state index contributed by atoms with van der Waals surface area (Å²) >= 11 is 0. The summed E-state index contributed by atoms with van der Waals surface area (Å²) in [4.78, 5) is 4.24. The number of allylic oxidation sites excluding steroid dienone is 4. The minimum Gasteiger partial charge on any atom is -0.381 e. The lowest BCUT2D eigenvalue weighted by molar-refractivity contribution is 0.0968. The number of benzene rings is 2. The highest BCUT2D eigenvalue weighted by Crippen LogP contribution is 2.34. The molecule has 2 fully saturated rings. The maximum atomic E-state index is 9.44. The molecule has 1 heterocycles. The van der Waals surface area contributed by atoms with E-state index < -0.39 is 0 Å². The lowest BCUT2D eigenvalue weighted by Gasteiger charge is -2.20. The molecule has 0 radical (unpaired) electrons. The van der Waals surface area contributed by atoms with Crippen LogP contribution in [0, 0.1) is 38.0 Å². The molecule has 2 aromatic rings. The van der Waals surface area contributed by atoms with E-state index in [4.69, 9.17) is 4.74 Å². The van der Waals surface area contributed by atoms with Crippen LogP contribution in [-0.2, 0) is 4.74 Å². The normalized spacial score (nSPS) is 15.6. The number of aliphatic imine (C=N–C) groups is 1. The van der Waals surface area contributed by atoms with Gasteiger partial charge in [0.05, 0.1) is 12.0 Å². The van der Waals surface area contributed by atoms with E-state index in [-0.39, 0.29) is 5.92 Å². The Labute approximate surface area is 272 Å². The van der Waals surface area contributed by atoms with Crippen LogP contribution in [0.3, 0.4) is 0 Å². The minimum atomic E-state index is 0.105. The number of nitriles is 1. The van der Waals surface area contributed by atoms with Crippen molar-refractivity contribution in [3.63, 3.8) is 0 Å². The standard InChI is InChI=1S/C16H21N.C10H17N.C8H10.C5H10O.C2H6/c1-13-8-10-15(11-9-13)16(12-17)14-6-4-2-3-5-7-14;1-6-10(5)11-7-9(4)8(2)3;1-7-3-5-8(2)6-4-7;1-2-4-6-5-3-1;1-2/h8-11,14,16H,2-7H2,1H3;6-7H,1-5H3;3-6H,1-2H3;1-5H2;1-2H3/b;10-6+,11-7?;;;.